The normalized spacial score (nSPS) is 10.8. The van der Waals surface area contributed by atoms with Gasteiger partial charge in [0.15, 0.2) is 5.16 Å². The van der Waals surface area contributed by atoms with Crippen LogP contribution in [0.5, 0.6) is 0 Å². The van der Waals surface area contributed by atoms with Crippen molar-refractivity contribution in [3.8, 4) is 0 Å². The zero-order valence-corrected chi connectivity index (χ0v) is 11.5. The Balaban J connectivity index is 1.78. The Morgan fingerprint density at radius 3 is 2.79 bits per heavy atom. The van der Waals surface area contributed by atoms with E-state index in [1.807, 2.05) is 18.4 Å². The average molecular weight is 269 g/mol. The molecule has 0 unspecified atom stereocenters. The molecule has 2 N–H and O–H groups in total. The number of aromatic amines is 1. The van der Waals surface area contributed by atoms with E-state index >= 15 is 0 Å². The Morgan fingerprint density at radius 2 is 2.00 bits per heavy atom. The first-order valence-corrected chi connectivity index (χ1v) is 7.39. The number of aromatic nitrogens is 2. The van der Waals surface area contributed by atoms with Crippen LogP contribution in [0.15, 0.2) is 53.7 Å². The summed E-state index contributed by atoms with van der Waals surface area (Å²) in [5.41, 5.74) is 4.46. The van der Waals surface area contributed by atoms with Gasteiger partial charge in [0.05, 0.1) is 11.0 Å². The molecule has 4 heteroatoms. The molecule has 0 aliphatic rings. The topological polar surface area (TPSA) is 40.7 Å². The first kappa shape index (κ1) is 12.1. The maximum absolute atomic E-state index is 4.47. The number of rotatable bonds is 4. The highest BCUT2D eigenvalue weighted by atomic mass is 32.2. The predicted octanol–water partition coefficient (Wildman–Crippen LogP) is 3.90. The molecule has 19 heavy (non-hydrogen) atoms. The van der Waals surface area contributed by atoms with Crippen LogP contribution in [0.4, 0.5) is 5.69 Å². The molecule has 0 saturated heterocycles. The fourth-order valence-corrected chi connectivity index (χ4v) is 2.39. The van der Waals surface area contributed by atoms with Gasteiger partial charge in [-0.3, -0.25) is 0 Å². The van der Waals surface area contributed by atoms with Gasteiger partial charge in [0, 0.05) is 12.2 Å². The standard InChI is InChI=1S/C15H15N3S/c1-19-15-17-13-8-7-12(9-14(13)18-15)16-10-11-5-3-2-4-6-11/h2-9,16H,10H2,1H3,(H,17,18). The van der Waals surface area contributed by atoms with E-state index in [2.05, 4.69) is 51.7 Å². The van der Waals surface area contributed by atoms with Gasteiger partial charge >= 0.3 is 0 Å². The van der Waals surface area contributed by atoms with Crippen LogP contribution in [-0.4, -0.2) is 16.2 Å². The molecule has 0 spiro atoms. The highest BCUT2D eigenvalue weighted by Gasteiger charge is 2.02. The number of imidazole rings is 1. The summed E-state index contributed by atoms with van der Waals surface area (Å²) in [4.78, 5) is 7.77. The summed E-state index contributed by atoms with van der Waals surface area (Å²) in [6.45, 7) is 0.829. The average Bonchev–Trinajstić information content (AvgIpc) is 2.88. The van der Waals surface area contributed by atoms with Crippen molar-refractivity contribution < 1.29 is 0 Å². The molecule has 1 heterocycles. The van der Waals surface area contributed by atoms with Gasteiger partial charge in [-0.1, -0.05) is 42.1 Å². The van der Waals surface area contributed by atoms with Crippen LogP contribution in [-0.2, 0) is 6.54 Å². The van der Waals surface area contributed by atoms with Crippen molar-refractivity contribution in [1.82, 2.24) is 9.97 Å². The van der Waals surface area contributed by atoms with Crippen LogP contribution >= 0.6 is 11.8 Å². The molecule has 0 amide bonds. The Kier molecular flexibility index (Phi) is 3.42. The number of fused-ring (bicyclic) bond motifs is 1. The Labute approximate surface area is 116 Å². The second-order valence-corrected chi connectivity index (χ2v) is 5.11. The van der Waals surface area contributed by atoms with Crippen LogP contribution in [0.25, 0.3) is 11.0 Å². The van der Waals surface area contributed by atoms with Crippen molar-refractivity contribution in [3.63, 3.8) is 0 Å². The van der Waals surface area contributed by atoms with Gasteiger partial charge < -0.3 is 10.3 Å². The summed E-state index contributed by atoms with van der Waals surface area (Å²) < 4.78 is 0. The van der Waals surface area contributed by atoms with E-state index in [4.69, 9.17) is 0 Å². The zero-order chi connectivity index (χ0) is 13.1. The minimum Gasteiger partial charge on any atom is -0.381 e. The van der Waals surface area contributed by atoms with Crippen molar-refractivity contribution in [3.05, 3.63) is 54.1 Å². The minimum atomic E-state index is 0.829. The smallest absolute Gasteiger partial charge is 0.166 e. The summed E-state index contributed by atoms with van der Waals surface area (Å²) in [7, 11) is 0. The largest absolute Gasteiger partial charge is 0.381 e. The molecule has 0 atom stereocenters. The number of nitrogens with zero attached hydrogens (tertiary/aromatic N) is 1. The lowest BCUT2D eigenvalue weighted by atomic mass is 10.2. The molecule has 0 radical (unpaired) electrons. The van der Waals surface area contributed by atoms with Crippen LogP contribution in [0.1, 0.15) is 5.56 Å². The summed E-state index contributed by atoms with van der Waals surface area (Å²) in [5.74, 6) is 0. The van der Waals surface area contributed by atoms with Crippen LogP contribution in [0.2, 0.25) is 0 Å². The highest BCUT2D eigenvalue weighted by molar-refractivity contribution is 7.98. The molecule has 0 fully saturated rings. The second kappa shape index (κ2) is 5.36. The molecular formula is C15H15N3S. The highest BCUT2D eigenvalue weighted by Crippen LogP contribution is 2.21. The SMILES string of the molecule is CSc1nc2ccc(NCc3ccccc3)cc2[nH]1. The fourth-order valence-electron chi connectivity index (χ4n) is 1.99. The molecule has 0 bridgehead atoms. The van der Waals surface area contributed by atoms with Crippen LogP contribution in [0.3, 0.4) is 0 Å². The lowest BCUT2D eigenvalue weighted by molar-refractivity contribution is 1.09. The van der Waals surface area contributed by atoms with E-state index in [0.717, 1.165) is 28.4 Å². The van der Waals surface area contributed by atoms with Gasteiger partial charge in [0.2, 0.25) is 0 Å². The first-order chi connectivity index (χ1) is 9.35. The number of nitrogens with one attached hydrogen (secondary N) is 2. The van der Waals surface area contributed by atoms with Gasteiger partial charge in [0.25, 0.3) is 0 Å². The number of H-pyrrole nitrogens is 1. The number of hydrogen-bond acceptors (Lipinski definition) is 3. The number of anilines is 1. The third-order valence-electron chi connectivity index (χ3n) is 2.99. The molecular weight excluding hydrogens is 254 g/mol. The van der Waals surface area contributed by atoms with Gasteiger partial charge in [-0.15, -0.1) is 0 Å². The summed E-state index contributed by atoms with van der Waals surface area (Å²) in [6, 6.07) is 16.6. The van der Waals surface area contributed by atoms with E-state index < -0.39 is 0 Å². The monoisotopic (exact) mass is 269 g/mol. The third kappa shape index (κ3) is 2.74. The Hall–Kier alpha value is -1.94. The predicted molar refractivity (Wildman–Crippen MR) is 81.6 cm³/mol. The van der Waals surface area contributed by atoms with Crippen LogP contribution in [0, 0.1) is 0 Å². The van der Waals surface area contributed by atoms with E-state index in [1.165, 1.54) is 5.56 Å². The summed E-state index contributed by atoms with van der Waals surface area (Å²) in [6.07, 6.45) is 2.02. The number of hydrogen-bond donors (Lipinski definition) is 2. The molecule has 0 aliphatic heterocycles. The quantitative estimate of drug-likeness (QED) is 0.706. The van der Waals surface area contributed by atoms with Gasteiger partial charge in [0.1, 0.15) is 0 Å². The van der Waals surface area contributed by atoms with E-state index in [-0.39, 0.29) is 0 Å². The Bertz CT molecular complexity index is 676. The van der Waals surface area contributed by atoms with Crippen molar-refractivity contribution >= 4 is 28.5 Å². The maximum Gasteiger partial charge on any atom is 0.166 e. The van der Waals surface area contributed by atoms with Gasteiger partial charge in [-0.05, 0) is 30.0 Å². The van der Waals surface area contributed by atoms with E-state index in [0.29, 0.717) is 0 Å². The molecule has 0 saturated carbocycles. The number of benzene rings is 2. The molecule has 3 rings (SSSR count). The first-order valence-electron chi connectivity index (χ1n) is 6.17. The second-order valence-electron chi connectivity index (χ2n) is 4.32. The molecule has 1 aromatic heterocycles. The minimum absolute atomic E-state index is 0.829. The van der Waals surface area contributed by atoms with Crippen LogP contribution < -0.4 is 5.32 Å². The number of thioether (sulfide) groups is 1. The molecule has 2 aromatic carbocycles. The maximum atomic E-state index is 4.47. The molecule has 96 valence electrons. The zero-order valence-electron chi connectivity index (χ0n) is 10.7. The lowest BCUT2D eigenvalue weighted by Crippen LogP contribution is -1.98. The third-order valence-corrected chi connectivity index (χ3v) is 3.57. The summed E-state index contributed by atoms with van der Waals surface area (Å²) >= 11 is 1.62. The van der Waals surface area contributed by atoms with Gasteiger partial charge in [-0.25, -0.2) is 4.98 Å². The van der Waals surface area contributed by atoms with Crippen molar-refractivity contribution in [2.75, 3.05) is 11.6 Å². The van der Waals surface area contributed by atoms with E-state index in [1.54, 1.807) is 11.8 Å². The molecule has 0 aliphatic carbocycles. The van der Waals surface area contributed by atoms with Crippen molar-refractivity contribution in [2.45, 2.75) is 11.7 Å². The fraction of sp³-hybridized carbons (Fsp3) is 0.133. The van der Waals surface area contributed by atoms with Gasteiger partial charge in [-0.2, -0.15) is 0 Å². The van der Waals surface area contributed by atoms with Crippen molar-refractivity contribution in [2.24, 2.45) is 0 Å². The molecule has 3 aromatic rings. The summed E-state index contributed by atoms with van der Waals surface area (Å²) in [5, 5.41) is 4.38. The lowest BCUT2D eigenvalue weighted by Gasteiger charge is -2.06. The van der Waals surface area contributed by atoms with E-state index in [9.17, 15) is 0 Å². The Morgan fingerprint density at radius 1 is 1.16 bits per heavy atom. The molecule has 3 nitrogen and oxygen atoms in total. The van der Waals surface area contributed by atoms with Crippen molar-refractivity contribution in [1.29, 1.82) is 0 Å².